The van der Waals surface area contributed by atoms with E-state index in [4.69, 9.17) is 0 Å². The number of alkyl halides is 3. The lowest BCUT2D eigenvalue weighted by molar-refractivity contribution is -0.0328. The number of benzene rings is 1. The Morgan fingerprint density at radius 3 is 2.33 bits per heavy atom. The number of thioether (sulfide) groups is 1. The maximum Gasteiger partial charge on any atom is 0.446 e. The summed E-state index contributed by atoms with van der Waals surface area (Å²) in [5, 5.41) is 5.50. The average Bonchev–Trinajstić information content (AvgIpc) is 2.28. The van der Waals surface area contributed by atoms with Gasteiger partial charge in [-0.25, -0.2) is 0 Å². The van der Waals surface area contributed by atoms with E-state index in [0.29, 0.717) is 18.7 Å². The Kier molecular flexibility index (Phi) is 5.49. The van der Waals surface area contributed by atoms with Crippen molar-refractivity contribution in [3.05, 3.63) is 29.8 Å². The molecule has 0 bridgehead atoms. The van der Waals surface area contributed by atoms with Gasteiger partial charge >= 0.3 is 5.51 Å². The first-order chi connectivity index (χ1) is 8.42. The molecule has 0 aliphatic carbocycles. The molecule has 2 N–H and O–H groups in total. The zero-order chi connectivity index (χ0) is 13.6. The fourth-order valence-corrected chi connectivity index (χ4v) is 1.75. The Hall–Kier alpha value is -1.21. The highest BCUT2D eigenvalue weighted by Gasteiger charge is 2.29. The first-order valence-corrected chi connectivity index (χ1v) is 6.02. The molecule has 0 saturated heterocycles. The van der Waals surface area contributed by atoms with E-state index in [-0.39, 0.29) is 22.6 Å². The molecule has 1 rings (SSSR count). The molecule has 7 heteroatoms. The molecule has 0 unspecified atom stereocenters. The van der Waals surface area contributed by atoms with Gasteiger partial charge in [-0.15, -0.1) is 0 Å². The molecule has 0 radical (unpaired) electrons. The van der Waals surface area contributed by atoms with Gasteiger partial charge in [-0.1, -0.05) is 0 Å². The molecular formula is C11H13F3N2OS. The zero-order valence-corrected chi connectivity index (χ0v) is 10.5. The summed E-state index contributed by atoms with van der Waals surface area (Å²) >= 11 is -0.199. The largest absolute Gasteiger partial charge is 0.446 e. The summed E-state index contributed by atoms with van der Waals surface area (Å²) < 4.78 is 36.2. The highest BCUT2D eigenvalue weighted by molar-refractivity contribution is 8.00. The molecule has 1 amide bonds. The molecule has 0 aliphatic rings. The van der Waals surface area contributed by atoms with Crippen LogP contribution in [0.25, 0.3) is 0 Å². The van der Waals surface area contributed by atoms with Crippen LogP contribution in [0.15, 0.2) is 29.2 Å². The van der Waals surface area contributed by atoms with Crippen LogP contribution < -0.4 is 10.6 Å². The van der Waals surface area contributed by atoms with Gasteiger partial charge in [-0.05, 0) is 43.1 Å². The van der Waals surface area contributed by atoms with E-state index in [1.807, 2.05) is 0 Å². The number of hydrogen-bond acceptors (Lipinski definition) is 3. The van der Waals surface area contributed by atoms with E-state index >= 15 is 0 Å². The van der Waals surface area contributed by atoms with Crippen LogP contribution in [-0.4, -0.2) is 31.6 Å². The van der Waals surface area contributed by atoms with Crippen LogP contribution in [0.4, 0.5) is 13.2 Å². The van der Waals surface area contributed by atoms with Crippen LogP contribution >= 0.6 is 11.8 Å². The Morgan fingerprint density at radius 2 is 1.83 bits per heavy atom. The van der Waals surface area contributed by atoms with Crippen molar-refractivity contribution in [1.29, 1.82) is 0 Å². The molecular weight excluding hydrogens is 265 g/mol. The standard InChI is InChI=1S/C11H13F3N2OS/c1-15-6-7-16-10(17)8-2-4-9(5-3-8)18-11(12,13)14/h2-5,15H,6-7H2,1H3,(H,16,17). The minimum atomic E-state index is -4.31. The summed E-state index contributed by atoms with van der Waals surface area (Å²) in [5.41, 5.74) is -3.96. The Labute approximate surface area is 107 Å². The van der Waals surface area contributed by atoms with Crippen LogP contribution in [0.2, 0.25) is 0 Å². The fraction of sp³-hybridized carbons (Fsp3) is 0.364. The van der Waals surface area contributed by atoms with Crippen molar-refractivity contribution in [2.75, 3.05) is 20.1 Å². The maximum absolute atomic E-state index is 12.1. The number of carbonyl (C=O) groups is 1. The Balaban J connectivity index is 2.57. The third-order valence-electron chi connectivity index (χ3n) is 2.01. The molecule has 0 aliphatic heterocycles. The van der Waals surface area contributed by atoms with Crippen molar-refractivity contribution in [3.63, 3.8) is 0 Å². The Morgan fingerprint density at radius 1 is 1.22 bits per heavy atom. The molecule has 0 spiro atoms. The number of nitrogens with one attached hydrogen (secondary N) is 2. The van der Waals surface area contributed by atoms with Crippen LogP contribution in [0.5, 0.6) is 0 Å². The van der Waals surface area contributed by atoms with Gasteiger partial charge in [-0.2, -0.15) is 13.2 Å². The zero-order valence-electron chi connectivity index (χ0n) is 9.67. The number of halogens is 3. The number of hydrogen-bond donors (Lipinski definition) is 2. The molecule has 3 nitrogen and oxygen atoms in total. The number of likely N-dealkylation sites (N-methyl/N-ethyl adjacent to an activating group) is 1. The highest BCUT2D eigenvalue weighted by Crippen LogP contribution is 2.36. The molecule has 0 heterocycles. The van der Waals surface area contributed by atoms with Gasteiger partial charge in [0.05, 0.1) is 0 Å². The summed E-state index contributed by atoms with van der Waals surface area (Å²) in [6, 6.07) is 5.32. The average molecular weight is 278 g/mol. The number of rotatable bonds is 5. The minimum Gasteiger partial charge on any atom is -0.351 e. The summed E-state index contributed by atoms with van der Waals surface area (Å²) in [7, 11) is 1.76. The van der Waals surface area contributed by atoms with Gasteiger partial charge in [0, 0.05) is 23.5 Å². The second kappa shape index (κ2) is 6.65. The maximum atomic E-state index is 12.1. The van der Waals surface area contributed by atoms with Gasteiger partial charge in [0.1, 0.15) is 0 Å². The number of carbonyl (C=O) groups excluding carboxylic acids is 1. The monoisotopic (exact) mass is 278 g/mol. The van der Waals surface area contributed by atoms with E-state index in [2.05, 4.69) is 10.6 Å². The third kappa shape index (κ3) is 5.42. The van der Waals surface area contributed by atoms with Crippen LogP contribution in [-0.2, 0) is 0 Å². The van der Waals surface area contributed by atoms with Gasteiger partial charge in [-0.3, -0.25) is 4.79 Å². The lowest BCUT2D eigenvalue weighted by Gasteiger charge is -2.07. The first kappa shape index (κ1) is 14.8. The van der Waals surface area contributed by atoms with Gasteiger partial charge in [0.2, 0.25) is 0 Å². The SMILES string of the molecule is CNCCNC(=O)c1ccc(SC(F)(F)F)cc1. The van der Waals surface area contributed by atoms with E-state index in [0.717, 1.165) is 0 Å². The minimum absolute atomic E-state index is 0.0641. The predicted octanol–water partition coefficient (Wildman–Crippen LogP) is 2.25. The van der Waals surface area contributed by atoms with Gasteiger partial charge in [0.25, 0.3) is 5.91 Å². The van der Waals surface area contributed by atoms with Gasteiger partial charge in [0.15, 0.2) is 0 Å². The Bertz CT molecular complexity index is 392. The van der Waals surface area contributed by atoms with E-state index < -0.39 is 5.51 Å². The lowest BCUT2D eigenvalue weighted by Crippen LogP contribution is -2.30. The molecule has 0 atom stereocenters. The second-order valence-corrected chi connectivity index (χ2v) is 4.57. The van der Waals surface area contributed by atoms with Gasteiger partial charge < -0.3 is 10.6 Å². The third-order valence-corrected chi connectivity index (χ3v) is 2.75. The lowest BCUT2D eigenvalue weighted by atomic mass is 10.2. The van der Waals surface area contributed by atoms with E-state index in [9.17, 15) is 18.0 Å². The fourth-order valence-electron chi connectivity index (χ4n) is 1.21. The van der Waals surface area contributed by atoms with Crippen molar-refractivity contribution in [3.8, 4) is 0 Å². The van der Waals surface area contributed by atoms with E-state index in [1.165, 1.54) is 24.3 Å². The molecule has 18 heavy (non-hydrogen) atoms. The molecule has 0 aromatic heterocycles. The van der Waals surface area contributed by atoms with Crippen molar-refractivity contribution in [2.45, 2.75) is 10.4 Å². The number of amides is 1. The molecule has 100 valence electrons. The van der Waals surface area contributed by atoms with Crippen molar-refractivity contribution in [1.82, 2.24) is 10.6 Å². The molecule has 0 fully saturated rings. The quantitative estimate of drug-likeness (QED) is 0.641. The highest BCUT2D eigenvalue weighted by atomic mass is 32.2. The van der Waals surface area contributed by atoms with Crippen LogP contribution in [0.1, 0.15) is 10.4 Å². The molecule has 0 saturated carbocycles. The summed E-state index contributed by atoms with van der Waals surface area (Å²) in [4.78, 5) is 11.6. The normalized spacial score (nSPS) is 11.3. The summed E-state index contributed by atoms with van der Waals surface area (Å²) in [6.45, 7) is 1.10. The van der Waals surface area contributed by atoms with Crippen molar-refractivity contribution in [2.24, 2.45) is 0 Å². The smallest absolute Gasteiger partial charge is 0.351 e. The predicted molar refractivity (Wildman–Crippen MR) is 64.6 cm³/mol. The van der Waals surface area contributed by atoms with Crippen molar-refractivity contribution < 1.29 is 18.0 Å². The molecule has 1 aromatic rings. The summed E-state index contributed by atoms with van der Waals surface area (Å²) in [6.07, 6.45) is 0. The summed E-state index contributed by atoms with van der Waals surface area (Å²) in [5.74, 6) is -0.297. The van der Waals surface area contributed by atoms with E-state index in [1.54, 1.807) is 7.05 Å². The van der Waals surface area contributed by atoms with Crippen LogP contribution in [0.3, 0.4) is 0 Å². The van der Waals surface area contributed by atoms with Crippen molar-refractivity contribution >= 4 is 17.7 Å². The second-order valence-electron chi connectivity index (χ2n) is 3.43. The first-order valence-electron chi connectivity index (χ1n) is 5.21. The van der Waals surface area contributed by atoms with Crippen LogP contribution in [0, 0.1) is 0 Å². The topological polar surface area (TPSA) is 41.1 Å². The molecule has 1 aromatic carbocycles.